The summed E-state index contributed by atoms with van der Waals surface area (Å²) in [5.74, 6) is -0.476. The molecule has 6 nitrogen and oxygen atoms in total. The van der Waals surface area contributed by atoms with Crippen molar-refractivity contribution in [3.8, 4) is 0 Å². The summed E-state index contributed by atoms with van der Waals surface area (Å²) in [5.41, 5.74) is 3.27. The molecule has 0 aliphatic carbocycles. The number of carbonyl (C=O) groups is 2. The molecule has 0 fully saturated rings. The molecule has 0 bridgehead atoms. The van der Waals surface area contributed by atoms with E-state index in [4.69, 9.17) is 0 Å². The molecular weight excluding hydrogens is 396 g/mol. The Bertz CT molecular complexity index is 1220. The second-order valence-electron chi connectivity index (χ2n) is 6.84. The molecule has 4 rings (SSSR count). The normalized spacial score (nSPS) is 11.9. The molecule has 1 N–H and O–H groups in total. The fourth-order valence-electron chi connectivity index (χ4n) is 3.34. The van der Waals surface area contributed by atoms with Crippen molar-refractivity contribution in [2.75, 3.05) is 7.05 Å². The van der Waals surface area contributed by atoms with E-state index in [1.807, 2.05) is 43.7 Å². The van der Waals surface area contributed by atoms with E-state index in [1.54, 1.807) is 25.1 Å². The quantitative estimate of drug-likeness (QED) is 0.474. The lowest BCUT2D eigenvalue weighted by Gasteiger charge is -2.14. The van der Waals surface area contributed by atoms with E-state index in [0.717, 1.165) is 27.6 Å². The van der Waals surface area contributed by atoms with E-state index in [9.17, 15) is 9.59 Å². The molecule has 3 heterocycles. The Hall–Kier alpha value is -3.45. The molecule has 1 aromatic carbocycles. The molecule has 0 aliphatic heterocycles. The number of amides is 1. The average molecular weight is 417 g/mol. The zero-order valence-electron chi connectivity index (χ0n) is 16.6. The Kier molecular flexibility index (Phi) is 5.63. The highest BCUT2D eigenvalue weighted by atomic mass is 32.2. The molecule has 4 aromatic rings. The van der Waals surface area contributed by atoms with E-state index >= 15 is 0 Å². The Labute approximate surface area is 178 Å². The van der Waals surface area contributed by atoms with Gasteiger partial charge in [0, 0.05) is 46.9 Å². The smallest absolute Gasteiger partial charge is 0.269 e. The van der Waals surface area contributed by atoms with Gasteiger partial charge in [-0.25, -0.2) is 4.98 Å². The van der Waals surface area contributed by atoms with Crippen molar-refractivity contribution in [2.24, 2.45) is 0 Å². The first-order chi connectivity index (χ1) is 14.6. The summed E-state index contributed by atoms with van der Waals surface area (Å²) < 4.78 is 2.08. The minimum absolute atomic E-state index is 0.151. The highest BCUT2D eigenvalue weighted by molar-refractivity contribution is 7.98. The van der Waals surface area contributed by atoms with Gasteiger partial charge in [-0.3, -0.25) is 18.5 Å². The predicted molar refractivity (Wildman–Crippen MR) is 118 cm³/mol. The minimum atomic E-state index is -0.325. The maximum absolute atomic E-state index is 12.1. The number of benzene rings is 1. The van der Waals surface area contributed by atoms with Gasteiger partial charge in [-0.1, -0.05) is 25.1 Å². The van der Waals surface area contributed by atoms with Gasteiger partial charge in [-0.2, -0.15) is 0 Å². The van der Waals surface area contributed by atoms with Crippen molar-refractivity contribution >= 4 is 35.0 Å². The second kappa shape index (κ2) is 8.51. The van der Waals surface area contributed by atoms with Crippen LogP contribution in [0, 0.1) is 0 Å². The van der Waals surface area contributed by atoms with E-state index < -0.39 is 0 Å². The molecule has 0 saturated carbocycles. The standard InChI is InChI=1S/C23H20N4O2S/c1-15(20-10-16(14-28)11-21(26-20)23(29)24-2)19-12-25-13-22-18(19)8-9-27(22)30-17-6-4-3-5-7-17/h3-15H,1-2H3,(H,24,29). The second-order valence-corrected chi connectivity index (χ2v) is 7.88. The average Bonchev–Trinajstić information content (AvgIpc) is 3.21. The van der Waals surface area contributed by atoms with E-state index in [0.29, 0.717) is 11.3 Å². The number of fused-ring (bicyclic) bond motifs is 1. The lowest BCUT2D eigenvalue weighted by Crippen LogP contribution is -2.20. The van der Waals surface area contributed by atoms with E-state index in [1.165, 1.54) is 6.07 Å². The van der Waals surface area contributed by atoms with Crippen molar-refractivity contribution in [3.05, 3.63) is 89.6 Å². The largest absolute Gasteiger partial charge is 0.354 e. The summed E-state index contributed by atoms with van der Waals surface area (Å²) in [6.07, 6.45) is 6.41. The SMILES string of the molecule is CNC(=O)c1cc(C=O)cc(C(C)c2cncc3c2ccn3Sc2ccccc2)n1. The van der Waals surface area contributed by atoms with Crippen LogP contribution in [0.25, 0.3) is 10.9 Å². The number of hydrogen-bond donors (Lipinski definition) is 1. The van der Waals surface area contributed by atoms with Crippen molar-refractivity contribution in [1.82, 2.24) is 19.3 Å². The van der Waals surface area contributed by atoms with Crippen LogP contribution < -0.4 is 5.32 Å². The molecule has 30 heavy (non-hydrogen) atoms. The molecule has 150 valence electrons. The third-order valence-electron chi connectivity index (χ3n) is 4.93. The fourth-order valence-corrected chi connectivity index (χ4v) is 4.21. The number of nitrogens with zero attached hydrogens (tertiary/aromatic N) is 3. The topological polar surface area (TPSA) is 76.9 Å². The van der Waals surface area contributed by atoms with Crippen LogP contribution in [0.2, 0.25) is 0 Å². The lowest BCUT2D eigenvalue weighted by atomic mass is 9.95. The number of aldehydes is 1. The van der Waals surface area contributed by atoms with Crippen molar-refractivity contribution in [3.63, 3.8) is 0 Å². The maximum atomic E-state index is 12.1. The minimum Gasteiger partial charge on any atom is -0.354 e. The van der Waals surface area contributed by atoms with Crippen molar-refractivity contribution < 1.29 is 9.59 Å². The lowest BCUT2D eigenvalue weighted by molar-refractivity contribution is 0.0958. The summed E-state index contributed by atoms with van der Waals surface area (Å²) in [5, 5.41) is 3.62. The zero-order valence-corrected chi connectivity index (χ0v) is 17.4. The first kappa shape index (κ1) is 19.8. The van der Waals surface area contributed by atoms with E-state index in [2.05, 4.69) is 37.5 Å². The highest BCUT2D eigenvalue weighted by Crippen LogP contribution is 2.33. The Morgan fingerprint density at radius 1 is 1.17 bits per heavy atom. The van der Waals surface area contributed by atoms with Crippen LogP contribution in [0.4, 0.5) is 0 Å². The number of pyridine rings is 2. The van der Waals surface area contributed by atoms with Gasteiger partial charge >= 0.3 is 0 Å². The van der Waals surface area contributed by atoms with E-state index in [-0.39, 0.29) is 17.5 Å². The predicted octanol–water partition coefficient (Wildman–Crippen LogP) is 4.31. The van der Waals surface area contributed by atoms with Crippen LogP contribution in [-0.4, -0.2) is 33.2 Å². The molecule has 7 heteroatoms. The molecular formula is C23H20N4O2S. The summed E-state index contributed by atoms with van der Waals surface area (Å²) in [6.45, 7) is 2.00. The first-order valence-electron chi connectivity index (χ1n) is 9.48. The molecule has 1 unspecified atom stereocenters. The molecule has 1 atom stereocenters. The molecule has 0 aliphatic rings. The van der Waals surface area contributed by atoms with Crippen molar-refractivity contribution in [2.45, 2.75) is 17.7 Å². The maximum Gasteiger partial charge on any atom is 0.269 e. The van der Waals surface area contributed by atoms with Gasteiger partial charge in [-0.05, 0) is 47.8 Å². The Morgan fingerprint density at radius 2 is 1.97 bits per heavy atom. The summed E-state index contributed by atoms with van der Waals surface area (Å²) in [6, 6.07) is 15.4. The molecule has 0 radical (unpaired) electrons. The summed E-state index contributed by atoms with van der Waals surface area (Å²) >= 11 is 1.62. The summed E-state index contributed by atoms with van der Waals surface area (Å²) in [4.78, 5) is 33.5. The third kappa shape index (κ3) is 3.84. The van der Waals surface area contributed by atoms with Crippen LogP contribution in [0.1, 0.15) is 44.9 Å². The number of rotatable bonds is 6. The third-order valence-corrected chi connectivity index (χ3v) is 5.93. The van der Waals surface area contributed by atoms with Gasteiger partial charge < -0.3 is 5.32 Å². The molecule has 1 amide bonds. The van der Waals surface area contributed by atoms with Crippen LogP contribution in [0.15, 0.2) is 72.0 Å². The van der Waals surface area contributed by atoms with Crippen LogP contribution in [-0.2, 0) is 0 Å². The van der Waals surface area contributed by atoms with Gasteiger partial charge in [0.25, 0.3) is 5.91 Å². The van der Waals surface area contributed by atoms with Crippen LogP contribution >= 0.6 is 11.9 Å². The molecule has 0 spiro atoms. The first-order valence-corrected chi connectivity index (χ1v) is 10.3. The van der Waals surface area contributed by atoms with Gasteiger partial charge in [0.1, 0.15) is 12.0 Å². The molecule has 0 saturated heterocycles. The van der Waals surface area contributed by atoms with Crippen LogP contribution in [0.5, 0.6) is 0 Å². The van der Waals surface area contributed by atoms with Gasteiger partial charge in [0.05, 0.1) is 11.7 Å². The van der Waals surface area contributed by atoms with Gasteiger partial charge in [0.2, 0.25) is 0 Å². The zero-order chi connectivity index (χ0) is 21.1. The van der Waals surface area contributed by atoms with Crippen LogP contribution in [0.3, 0.4) is 0 Å². The number of hydrogen-bond acceptors (Lipinski definition) is 5. The highest BCUT2D eigenvalue weighted by Gasteiger charge is 2.18. The Morgan fingerprint density at radius 3 is 2.70 bits per heavy atom. The molecule has 3 aromatic heterocycles. The fraction of sp³-hybridized carbons (Fsp3) is 0.130. The van der Waals surface area contributed by atoms with Gasteiger partial charge in [0.15, 0.2) is 0 Å². The Balaban J connectivity index is 1.75. The van der Waals surface area contributed by atoms with Gasteiger partial charge in [-0.15, -0.1) is 0 Å². The monoisotopic (exact) mass is 416 g/mol. The number of nitrogens with one attached hydrogen (secondary N) is 1. The summed E-state index contributed by atoms with van der Waals surface area (Å²) in [7, 11) is 1.54. The number of aromatic nitrogens is 3. The van der Waals surface area contributed by atoms with Crippen molar-refractivity contribution in [1.29, 1.82) is 0 Å². The number of carbonyl (C=O) groups excluding carboxylic acids is 2.